The Morgan fingerprint density at radius 1 is 1.46 bits per heavy atom. The fourth-order valence-corrected chi connectivity index (χ4v) is 4.18. The number of nitro groups is 1. The third-order valence-corrected chi connectivity index (χ3v) is 5.45. The van der Waals surface area contributed by atoms with Gasteiger partial charge in [-0.25, -0.2) is 4.98 Å². The van der Waals surface area contributed by atoms with E-state index in [9.17, 15) is 10.1 Å². The van der Waals surface area contributed by atoms with Crippen LogP contribution < -0.4 is 10.3 Å². The number of nitrogens with zero attached hydrogens (tertiary/aromatic N) is 4. The van der Waals surface area contributed by atoms with Gasteiger partial charge in [-0.05, 0) is 74.9 Å². The van der Waals surface area contributed by atoms with Crippen LogP contribution in [-0.4, -0.2) is 28.2 Å². The SMILES string of the molecule is CCN1c2cc(C)c(/C=N\Nc3ncccc3[N+](=O)[O-])cc2[C@H](C)CC1(C)C. The van der Waals surface area contributed by atoms with Gasteiger partial charge < -0.3 is 4.90 Å². The van der Waals surface area contributed by atoms with Crippen LogP contribution in [0, 0.1) is 17.0 Å². The molecule has 2 aromatic rings. The molecular formula is C21H27N5O2. The Morgan fingerprint density at radius 3 is 2.89 bits per heavy atom. The van der Waals surface area contributed by atoms with Crippen molar-refractivity contribution < 1.29 is 4.92 Å². The van der Waals surface area contributed by atoms with Crippen molar-refractivity contribution in [2.45, 2.75) is 52.5 Å². The van der Waals surface area contributed by atoms with E-state index in [0.717, 1.165) is 24.1 Å². The lowest BCUT2D eigenvalue weighted by molar-refractivity contribution is -0.384. The van der Waals surface area contributed by atoms with Crippen molar-refractivity contribution in [3.05, 3.63) is 57.3 Å². The third kappa shape index (κ3) is 3.69. The van der Waals surface area contributed by atoms with Gasteiger partial charge in [0, 0.05) is 30.0 Å². The van der Waals surface area contributed by atoms with Gasteiger partial charge in [-0.2, -0.15) is 5.10 Å². The molecule has 0 bridgehead atoms. The highest BCUT2D eigenvalue weighted by molar-refractivity contribution is 5.84. The minimum Gasteiger partial charge on any atom is -0.366 e. The summed E-state index contributed by atoms with van der Waals surface area (Å²) in [6.07, 6.45) is 4.29. The molecule has 148 valence electrons. The highest BCUT2D eigenvalue weighted by Crippen LogP contribution is 2.44. The van der Waals surface area contributed by atoms with Gasteiger partial charge in [0.1, 0.15) is 0 Å². The molecule has 0 fully saturated rings. The molecule has 0 unspecified atom stereocenters. The van der Waals surface area contributed by atoms with Crippen LogP contribution in [0.25, 0.3) is 0 Å². The number of anilines is 2. The summed E-state index contributed by atoms with van der Waals surface area (Å²) in [6.45, 7) is 12.1. The smallest absolute Gasteiger partial charge is 0.313 e. The summed E-state index contributed by atoms with van der Waals surface area (Å²) in [5.41, 5.74) is 7.44. The first-order valence-electron chi connectivity index (χ1n) is 9.55. The first kappa shape index (κ1) is 19.8. The van der Waals surface area contributed by atoms with E-state index in [1.165, 1.54) is 29.6 Å². The number of hydrogen-bond donors (Lipinski definition) is 1. The number of pyridine rings is 1. The van der Waals surface area contributed by atoms with Gasteiger partial charge >= 0.3 is 5.69 Å². The highest BCUT2D eigenvalue weighted by Gasteiger charge is 2.35. The number of hydrazone groups is 1. The minimum absolute atomic E-state index is 0.101. The van der Waals surface area contributed by atoms with Crippen LogP contribution in [-0.2, 0) is 0 Å². The number of benzene rings is 1. The predicted octanol–water partition coefficient (Wildman–Crippen LogP) is 4.86. The zero-order valence-electron chi connectivity index (χ0n) is 17.1. The molecule has 28 heavy (non-hydrogen) atoms. The summed E-state index contributed by atoms with van der Waals surface area (Å²) in [5.74, 6) is 0.581. The molecular weight excluding hydrogens is 354 g/mol. The number of fused-ring (bicyclic) bond motifs is 1. The van der Waals surface area contributed by atoms with Crippen LogP contribution in [0.2, 0.25) is 0 Å². The third-order valence-electron chi connectivity index (χ3n) is 5.45. The van der Waals surface area contributed by atoms with E-state index in [2.05, 4.69) is 67.2 Å². The van der Waals surface area contributed by atoms with Crippen molar-refractivity contribution in [3.63, 3.8) is 0 Å². The molecule has 0 saturated carbocycles. The summed E-state index contributed by atoms with van der Waals surface area (Å²) in [4.78, 5) is 17.1. The van der Waals surface area contributed by atoms with Crippen molar-refractivity contribution in [1.29, 1.82) is 0 Å². The van der Waals surface area contributed by atoms with Gasteiger partial charge in [-0.15, -0.1) is 0 Å². The summed E-state index contributed by atoms with van der Waals surface area (Å²) in [5, 5.41) is 15.3. The van der Waals surface area contributed by atoms with Crippen molar-refractivity contribution >= 4 is 23.4 Å². The first-order chi connectivity index (χ1) is 13.2. The molecule has 1 aromatic heterocycles. The molecule has 1 N–H and O–H groups in total. The van der Waals surface area contributed by atoms with Gasteiger partial charge in [-0.1, -0.05) is 6.92 Å². The number of nitrogens with one attached hydrogen (secondary N) is 1. The maximum atomic E-state index is 11.1. The quantitative estimate of drug-likeness (QED) is 0.454. The predicted molar refractivity (Wildman–Crippen MR) is 113 cm³/mol. The fourth-order valence-electron chi connectivity index (χ4n) is 4.18. The van der Waals surface area contributed by atoms with Crippen molar-refractivity contribution in [1.82, 2.24) is 4.98 Å². The molecule has 1 atom stereocenters. The molecule has 1 aromatic carbocycles. The molecule has 1 aliphatic heterocycles. The molecule has 0 spiro atoms. The topological polar surface area (TPSA) is 83.7 Å². The van der Waals surface area contributed by atoms with E-state index in [1.807, 2.05) is 0 Å². The average Bonchev–Trinajstić information content (AvgIpc) is 2.62. The van der Waals surface area contributed by atoms with E-state index in [4.69, 9.17) is 0 Å². The molecule has 2 heterocycles. The zero-order valence-corrected chi connectivity index (χ0v) is 17.1. The van der Waals surface area contributed by atoms with Crippen LogP contribution >= 0.6 is 0 Å². The van der Waals surface area contributed by atoms with Crippen molar-refractivity contribution in [2.24, 2.45) is 5.10 Å². The van der Waals surface area contributed by atoms with E-state index in [1.54, 1.807) is 6.21 Å². The van der Waals surface area contributed by atoms with Gasteiger partial charge in [-0.3, -0.25) is 15.5 Å². The normalized spacial score (nSPS) is 18.2. The summed E-state index contributed by atoms with van der Waals surface area (Å²) in [6, 6.07) is 7.34. The Balaban J connectivity index is 1.90. The number of aryl methyl sites for hydroxylation is 1. The van der Waals surface area contributed by atoms with E-state index in [0.29, 0.717) is 5.92 Å². The van der Waals surface area contributed by atoms with Crippen LogP contribution in [0.1, 0.15) is 56.7 Å². The van der Waals surface area contributed by atoms with E-state index >= 15 is 0 Å². The second-order valence-electron chi connectivity index (χ2n) is 7.93. The van der Waals surface area contributed by atoms with Gasteiger partial charge in [0.25, 0.3) is 0 Å². The van der Waals surface area contributed by atoms with Gasteiger partial charge in [0.05, 0.1) is 11.1 Å². The molecule has 0 aliphatic carbocycles. The Bertz CT molecular complexity index is 923. The fraction of sp³-hybridized carbons (Fsp3) is 0.429. The lowest BCUT2D eigenvalue weighted by atomic mass is 9.79. The summed E-state index contributed by atoms with van der Waals surface area (Å²) in [7, 11) is 0. The van der Waals surface area contributed by atoms with Crippen LogP contribution in [0.15, 0.2) is 35.6 Å². The van der Waals surface area contributed by atoms with E-state index < -0.39 is 4.92 Å². The maximum Gasteiger partial charge on any atom is 0.313 e. The van der Waals surface area contributed by atoms with Crippen LogP contribution in [0.5, 0.6) is 0 Å². The monoisotopic (exact) mass is 381 g/mol. The second-order valence-corrected chi connectivity index (χ2v) is 7.93. The number of rotatable bonds is 5. The molecule has 3 rings (SSSR count). The Kier molecular flexibility index (Phi) is 5.36. The van der Waals surface area contributed by atoms with Crippen LogP contribution in [0.4, 0.5) is 17.2 Å². The highest BCUT2D eigenvalue weighted by atomic mass is 16.6. The van der Waals surface area contributed by atoms with E-state index in [-0.39, 0.29) is 17.0 Å². The Labute approximate surface area is 165 Å². The standard InChI is InChI=1S/C21H27N5O2/c1-6-25-19-10-14(2)16(11-17(19)15(3)12-21(25,4)5)13-23-24-20-18(26(27)28)8-7-9-22-20/h7-11,13,15H,6,12H2,1-5H3,(H,22,24)/b23-13-/t15-/m1/s1. The Morgan fingerprint density at radius 2 is 2.21 bits per heavy atom. The van der Waals surface area contributed by atoms with Crippen molar-refractivity contribution in [3.8, 4) is 0 Å². The number of hydrogen-bond acceptors (Lipinski definition) is 6. The van der Waals surface area contributed by atoms with Gasteiger partial charge in [0.15, 0.2) is 0 Å². The van der Waals surface area contributed by atoms with Gasteiger partial charge in [0.2, 0.25) is 5.82 Å². The largest absolute Gasteiger partial charge is 0.366 e. The number of aromatic nitrogens is 1. The molecule has 0 saturated heterocycles. The average molecular weight is 381 g/mol. The molecule has 7 nitrogen and oxygen atoms in total. The molecule has 0 radical (unpaired) electrons. The maximum absolute atomic E-state index is 11.1. The minimum atomic E-state index is -0.474. The summed E-state index contributed by atoms with van der Waals surface area (Å²) >= 11 is 0. The van der Waals surface area contributed by atoms with Crippen molar-refractivity contribution in [2.75, 3.05) is 16.9 Å². The molecule has 1 aliphatic rings. The zero-order chi connectivity index (χ0) is 20.5. The molecule has 0 amide bonds. The Hall–Kier alpha value is -2.96. The lowest BCUT2D eigenvalue weighted by Gasteiger charge is -2.47. The molecule has 7 heteroatoms. The van der Waals surface area contributed by atoms with Crippen LogP contribution in [0.3, 0.4) is 0 Å². The summed E-state index contributed by atoms with van der Waals surface area (Å²) < 4.78 is 0. The second kappa shape index (κ2) is 7.58. The lowest BCUT2D eigenvalue weighted by Crippen LogP contribution is -2.48. The first-order valence-corrected chi connectivity index (χ1v) is 9.55.